The monoisotopic (exact) mass is 488 g/mol. The fraction of sp³-hybridized carbons (Fsp3) is 0.0400. The molecule has 4 aromatic carbocycles. The molecular formula is C25H14Br2O. The van der Waals surface area contributed by atoms with E-state index >= 15 is 0 Å². The first-order valence-electron chi connectivity index (χ1n) is 9.17. The van der Waals surface area contributed by atoms with Crippen molar-refractivity contribution in [1.29, 1.82) is 0 Å². The highest BCUT2D eigenvalue weighted by atomic mass is 79.9. The van der Waals surface area contributed by atoms with Crippen molar-refractivity contribution in [1.82, 2.24) is 0 Å². The van der Waals surface area contributed by atoms with Crippen molar-refractivity contribution in [3.63, 3.8) is 0 Å². The van der Waals surface area contributed by atoms with Crippen molar-refractivity contribution in [2.75, 3.05) is 0 Å². The summed E-state index contributed by atoms with van der Waals surface area (Å²) < 4.78 is 8.46. The number of benzene rings is 4. The highest BCUT2D eigenvalue weighted by Gasteiger charge is 2.51. The van der Waals surface area contributed by atoms with E-state index in [4.69, 9.17) is 4.74 Å². The summed E-state index contributed by atoms with van der Waals surface area (Å²) in [7, 11) is 0. The van der Waals surface area contributed by atoms with E-state index in [1.165, 1.54) is 33.4 Å². The largest absolute Gasteiger partial charge is 0.457 e. The van der Waals surface area contributed by atoms with Gasteiger partial charge in [0.1, 0.15) is 11.5 Å². The van der Waals surface area contributed by atoms with Gasteiger partial charge >= 0.3 is 0 Å². The van der Waals surface area contributed by atoms with Crippen molar-refractivity contribution in [3.8, 4) is 22.6 Å². The van der Waals surface area contributed by atoms with Gasteiger partial charge in [0.15, 0.2) is 0 Å². The molecule has 1 aliphatic carbocycles. The zero-order valence-corrected chi connectivity index (χ0v) is 17.9. The molecule has 2 aliphatic rings. The van der Waals surface area contributed by atoms with E-state index < -0.39 is 5.41 Å². The summed E-state index contributed by atoms with van der Waals surface area (Å²) in [6.07, 6.45) is 0. The van der Waals surface area contributed by atoms with Gasteiger partial charge in [0.25, 0.3) is 0 Å². The van der Waals surface area contributed by atoms with Gasteiger partial charge in [0.2, 0.25) is 0 Å². The predicted molar refractivity (Wildman–Crippen MR) is 119 cm³/mol. The van der Waals surface area contributed by atoms with Crippen LogP contribution in [0, 0.1) is 0 Å². The Morgan fingerprint density at radius 1 is 0.536 bits per heavy atom. The highest BCUT2D eigenvalue weighted by Crippen LogP contribution is 2.62. The molecule has 0 radical (unpaired) electrons. The molecule has 134 valence electrons. The third kappa shape index (κ3) is 2.01. The number of fused-ring (bicyclic) bond motifs is 9. The standard InChI is InChI=1S/C25H14Br2O/c26-15-9-11-23-21(13-15)25(22-14-16(27)10-12-24(22)28-23)19-7-3-1-5-17(19)18-6-2-4-8-20(18)25/h1-14H. The molecule has 0 saturated heterocycles. The minimum absolute atomic E-state index is 0.399. The Balaban J connectivity index is 1.86. The average Bonchev–Trinajstić information content (AvgIpc) is 3.01. The molecule has 6 rings (SSSR count). The second-order valence-corrected chi connectivity index (χ2v) is 9.06. The van der Waals surface area contributed by atoms with Crippen molar-refractivity contribution in [2.45, 2.75) is 5.41 Å². The van der Waals surface area contributed by atoms with Crippen LogP contribution in [0.15, 0.2) is 93.9 Å². The number of halogens is 2. The van der Waals surface area contributed by atoms with Crippen molar-refractivity contribution in [2.24, 2.45) is 0 Å². The Kier molecular flexibility index (Phi) is 3.45. The molecule has 1 spiro atoms. The minimum Gasteiger partial charge on any atom is -0.457 e. The van der Waals surface area contributed by atoms with Gasteiger partial charge in [-0.25, -0.2) is 0 Å². The second kappa shape index (κ2) is 5.82. The summed E-state index contributed by atoms with van der Waals surface area (Å²) in [5.41, 5.74) is 7.13. The lowest BCUT2D eigenvalue weighted by Gasteiger charge is -2.39. The molecule has 28 heavy (non-hydrogen) atoms. The molecule has 1 aliphatic heterocycles. The summed E-state index contributed by atoms with van der Waals surface area (Å²) >= 11 is 7.38. The Labute approximate surface area is 180 Å². The average molecular weight is 490 g/mol. The Morgan fingerprint density at radius 3 is 1.50 bits per heavy atom. The summed E-state index contributed by atoms with van der Waals surface area (Å²) in [5, 5.41) is 0. The van der Waals surface area contributed by atoms with Crippen molar-refractivity contribution in [3.05, 3.63) is 116 Å². The van der Waals surface area contributed by atoms with Crippen LogP contribution in [0.25, 0.3) is 11.1 Å². The maximum Gasteiger partial charge on any atom is 0.132 e. The highest BCUT2D eigenvalue weighted by molar-refractivity contribution is 9.10. The van der Waals surface area contributed by atoms with Gasteiger partial charge in [-0.05, 0) is 58.7 Å². The normalized spacial score (nSPS) is 14.6. The molecule has 0 bridgehead atoms. The van der Waals surface area contributed by atoms with E-state index in [0.717, 1.165) is 20.4 Å². The fourth-order valence-corrected chi connectivity index (χ4v) is 5.57. The second-order valence-electron chi connectivity index (χ2n) is 7.22. The fourth-order valence-electron chi connectivity index (χ4n) is 4.85. The molecule has 0 N–H and O–H groups in total. The smallest absolute Gasteiger partial charge is 0.132 e. The van der Waals surface area contributed by atoms with Crippen LogP contribution in [0.4, 0.5) is 0 Å². The molecule has 1 heterocycles. The lowest BCUT2D eigenvalue weighted by atomic mass is 9.66. The van der Waals surface area contributed by atoms with E-state index in [0.29, 0.717) is 0 Å². The van der Waals surface area contributed by atoms with Crippen LogP contribution in [0.5, 0.6) is 11.5 Å². The van der Waals surface area contributed by atoms with Gasteiger partial charge in [0, 0.05) is 20.1 Å². The summed E-state index contributed by atoms with van der Waals surface area (Å²) in [6.45, 7) is 0. The van der Waals surface area contributed by atoms with Crippen LogP contribution < -0.4 is 4.74 Å². The van der Waals surface area contributed by atoms with E-state index in [-0.39, 0.29) is 0 Å². The van der Waals surface area contributed by atoms with Gasteiger partial charge in [-0.2, -0.15) is 0 Å². The SMILES string of the molecule is Brc1ccc2c(c1)C1(c3cc(Br)ccc3O2)c2ccccc2-c2ccccc21. The lowest BCUT2D eigenvalue weighted by Crippen LogP contribution is -2.32. The van der Waals surface area contributed by atoms with Gasteiger partial charge in [-0.1, -0.05) is 80.4 Å². The quantitative estimate of drug-likeness (QED) is 0.212. The van der Waals surface area contributed by atoms with Gasteiger partial charge in [-0.3, -0.25) is 0 Å². The van der Waals surface area contributed by atoms with Crippen LogP contribution in [0.1, 0.15) is 22.3 Å². The Morgan fingerprint density at radius 2 is 1.00 bits per heavy atom. The molecule has 1 nitrogen and oxygen atoms in total. The molecule has 0 aromatic heterocycles. The van der Waals surface area contributed by atoms with Crippen LogP contribution in [-0.2, 0) is 5.41 Å². The first-order chi connectivity index (χ1) is 13.7. The van der Waals surface area contributed by atoms with Crippen LogP contribution in [0.2, 0.25) is 0 Å². The number of hydrogen-bond acceptors (Lipinski definition) is 1. The topological polar surface area (TPSA) is 9.23 Å². The molecule has 0 amide bonds. The number of hydrogen-bond donors (Lipinski definition) is 0. The van der Waals surface area contributed by atoms with Crippen LogP contribution in [0.3, 0.4) is 0 Å². The molecule has 4 aromatic rings. The Bertz CT molecular complexity index is 1180. The third-order valence-corrected chi connectivity index (χ3v) is 6.85. The zero-order chi connectivity index (χ0) is 18.9. The molecule has 0 fully saturated rings. The van der Waals surface area contributed by atoms with E-state index in [1.807, 2.05) is 12.1 Å². The lowest BCUT2D eigenvalue weighted by molar-refractivity contribution is 0.436. The number of ether oxygens (including phenoxy) is 1. The summed E-state index contributed by atoms with van der Waals surface area (Å²) in [5.74, 6) is 1.81. The van der Waals surface area contributed by atoms with Crippen LogP contribution >= 0.6 is 31.9 Å². The molecule has 3 heteroatoms. The first-order valence-corrected chi connectivity index (χ1v) is 10.8. The van der Waals surface area contributed by atoms with Gasteiger partial charge in [0.05, 0.1) is 5.41 Å². The molecule has 0 unspecified atom stereocenters. The van der Waals surface area contributed by atoms with Gasteiger partial charge < -0.3 is 4.74 Å². The van der Waals surface area contributed by atoms with Crippen molar-refractivity contribution >= 4 is 31.9 Å². The summed E-state index contributed by atoms with van der Waals surface area (Å²) in [4.78, 5) is 0. The molecular weight excluding hydrogens is 476 g/mol. The third-order valence-electron chi connectivity index (χ3n) is 5.86. The Hall–Kier alpha value is -2.36. The maximum atomic E-state index is 6.36. The van der Waals surface area contributed by atoms with Gasteiger partial charge in [-0.15, -0.1) is 0 Å². The molecule has 0 atom stereocenters. The van der Waals surface area contributed by atoms with E-state index in [9.17, 15) is 0 Å². The first kappa shape index (κ1) is 16.6. The number of rotatable bonds is 0. The minimum atomic E-state index is -0.399. The van der Waals surface area contributed by atoms with E-state index in [1.54, 1.807) is 0 Å². The predicted octanol–water partition coefficient (Wildman–Crippen LogP) is 7.68. The van der Waals surface area contributed by atoms with Crippen molar-refractivity contribution < 1.29 is 4.74 Å². The van der Waals surface area contributed by atoms with Crippen LogP contribution in [-0.4, -0.2) is 0 Å². The van der Waals surface area contributed by atoms with E-state index in [2.05, 4.69) is 105 Å². The summed E-state index contributed by atoms with van der Waals surface area (Å²) in [6, 6.07) is 30.1. The molecule has 0 saturated carbocycles. The zero-order valence-electron chi connectivity index (χ0n) is 14.7. The maximum absolute atomic E-state index is 6.36.